The van der Waals surface area contributed by atoms with E-state index in [0.717, 1.165) is 0 Å². The molecule has 2 aromatic heterocycles. The average molecular weight is 455 g/mol. The number of halogens is 2. The van der Waals surface area contributed by atoms with Crippen molar-refractivity contribution in [2.75, 3.05) is 6.54 Å². The summed E-state index contributed by atoms with van der Waals surface area (Å²) >= 11 is 0. The van der Waals surface area contributed by atoms with Crippen molar-refractivity contribution >= 4 is 11.8 Å². The summed E-state index contributed by atoms with van der Waals surface area (Å²) in [5.74, 6) is -1.17. The molecule has 3 heterocycles. The number of alkyl halides is 1. The summed E-state index contributed by atoms with van der Waals surface area (Å²) in [7, 11) is 0. The predicted molar refractivity (Wildman–Crippen MR) is 115 cm³/mol. The number of aromatic amines is 1. The Morgan fingerprint density at radius 1 is 1.33 bits per heavy atom. The third kappa shape index (κ3) is 4.72. The van der Waals surface area contributed by atoms with Crippen LogP contribution in [0.25, 0.3) is 11.4 Å². The van der Waals surface area contributed by atoms with Crippen molar-refractivity contribution in [1.29, 1.82) is 0 Å². The first kappa shape index (κ1) is 22.5. The highest BCUT2D eigenvalue weighted by Crippen LogP contribution is 2.27. The van der Waals surface area contributed by atoms with Crippen molar-refractivity contribution in [3.8, 4) is 11.4 Å². The largest absolute Gasteiger partial charge is 0.342 e. The molecule has 11 heteroatoms. The van der Waals surface area contributed by atoms with E-state index < -0.39 is 36.0 Å². The minimum atomic E-state index is -1.29. The first-order valence-corrected chi connectivity index (χ1v) is 10.4. The van der Waals surface area contributed by atoms with Gasteiger partial charge < -0.3 is 16.0 Å². The van der Waals surface area contributed by atoms with Gasteiger partial charge in [-0.15, -0.1) is 0 Å². The zero-order valence-electron chi connectivity index (χ0n) is 17.8. The van der Waals surface area contributed by atoms with E-state index in [4.69, 9.17) is 5.73 Å². The number of H-pyrrole nitrogens is 1. The number of pyridine rings is 1. The lowest BCUT2D eigenvalue weighted by Gasteiger charge is -2.26. The van der Waals surface area contributed by atoms with Crippen molar-refractivity contribution in [1.82, 2.24) is 30.4 Å². The molecule has 9 nitrogen and oxygen atoms in total. The molecule has 1 aliphatic rings. The zero-order valence-corrected chi connectivity index (χ0v) is 17.8. The Kier molecular flexibility index (Phi) is 6.40. The van der Waals surface area contributed by atoms with Crippen molar-refractivity contribution in [3.63, 3.8) is 0 Å². The summed E-state index contributed by atoms with van der Waals surface area (Å²) in [6, 6.07) is 8.31. The standard InChI is InChI=1S/C22H23F2N7O2/c1-12(32)31-10-16(23)8-18(31)22(33)29-19(17-6-5-15(9-25)20(24)28-17)13-3-2-4-14(7-13)21-26-11-27-30-21/h2-7,11,16,18-19H,8-10,25H2,1H3,(H,29,33)(H,26,27,30)/t16-,18+,19?/m1/s1. The van der Waals surface area contributed by atoms with Gasteiger partial charge in [-0.05, 0) is 17.7 Å². The number of amides is 2. The number of nitrogens with two attached hydrogens (primary N) is 1. The molecule has 3 aromatic rings. The highest BCUT2D eigenvalue weighted by Gasteiger charge is 2.39. The number of carbonyl (C=O) groups excluding carboxylic acids is 2. The Morgan fingerprint density at radius 2 is 2.15 bits per heavy atom. The second-order valence-electron chi connectivity index (χ2n) is 7.81. The second kappa shape index (κ2) is 9.41. The van der Waals surface area contributed by atoms with Gasteiger partial charge >= 0.3 is 0 Å². The molecule has 4 N–H and O–H groups in total. The average Bonchev–Trinajstić information content (AvgIpc) is 3.47. The van der Waals surface area contributed by atoms with Crippen LogP contribution in [0.4, 0.5) is 8.78 Å². The van der Waals surface area contributed by atoms with E-state index in [1.807, 2.05) is 0 Å². The Balaban J connectivity index is 1.71. The summed E-state index contributed by atoms with van der Waals surface area (Å²) in [5.41, 5.74) is 7.30. The van der Waals surface area contributed by atoms with E-state index in [2.05, 4.69) is 25.5 Å². The zero-order chi connectivity index (χ0) is 23.5. The smallest absolute Gasteiger partial charge is 0.243 e. The molecule has 172 valence electrons. The number of hydrogen-bond acceptors (Lipinski definition) is 6. The van der Waals surface area contributed by atoms with Crippen molar-refractivity contribution < 1.29 is 18.4 Å². The molecule has 1 fully saturated rings. The molecular formula is C22H23F2N7O2. The first-order chi connectivity index (χ1) is 15.9. The molecule has 0 spiro atoms. The Hall–Kier alpha value is -3.73. The van der Waals surface area contributed by atoms with Crippen molar-refractivity contribution in [3.05, 3.63) is 65.5 Å². The fourth-order valence-corrected chi connectivity index (χ4v) is 3.95. The lowest BCUT2D eigenvalue weighted by Crippen LogP contribution is -2.46. The van der Waals surface area contributed by atoms with Crippen molar-refractivity contribution in [2.45, 2.75) is 38.1 Å². The highest BCUT2D eigenvalue weighted by molar-refractivity contribution is 5.88. The maximum Gasteiger partial charge on any atom is 0.243 e. The minimum absolute atomic E-state index is 0.0232. The number of hydrogen-bond donors (Lipinski definition) is 3. The van der Waals surface area contributed by atoms with E-state index in [9.17, 15) is 18.4 Å². The van der Waals surface area contributed by atoms with Crippen LogP contribution in [0.5, 0.6) is 0 Å². The normalized spacial score (nSPS) is 18.8. The summed E-state index contributed by atoms with van der Waals surface area (Å²) < 4.78 is 28.5. The van der Waals surface area contributed by atoms with E-state index >= 15 is 0 Å². The van der Waals surface area contributed by atoms with Gasteiger partial charge in [0.25, 0.3) is 0 Å². The van der Waals surface area contributed by atoms with Gasteiger partial charge in [0.1, 0.15) is 18.5 Å². The van der Waals surface area contributed by atoms with Crippen LogP contribution in [0.2, 0.25) is 0 Å². The van der Waals surface area contributed by atoms with Crippen LogP contribution in [-0.2, 0) is 16.1 Å². The van der Waals surface area contributed by atoms with Crippen LogP contribution < -0.4 is 11.1 Å². The van der Waals surface area contributed by atoms with E-state index in [1.54, 1.807) is 30.3 Å². The van der Waals surface area contributed by atoms with Gasteiger partial charge in [-0.25, -0.2) is 14.4 Å². The Labute approximate surface area is 188 Å². The molecule has 1 aliphatic heterocycles. The first-order valence-electron chi connectivity index (χ1n) is 10.4. The van der Waals surface area contributed by atoms with Gasteiger partial charge in [0.2, 0.25) is 17.8 Å². The number of carbonyl (C=O) groups is 2. The maximum atomic E-state index is 14.5. The van der Waals surface area contributed by atoms with Gasteiger partial charge in [0.05, 0.1) is 18.3 Å². The molecule has 2 amide bonds. The molecule has 0 aliphatic carbocycles. The lowest BCUT2D eigenvalue weighted by atomic mass is 9.99. The van der Waals surface area contributed by atoms with Gasteiger partial charge in [0, 0.05) is 31.0 Å². The topological polar surface area (TPSA) is 130 Å². The summed E-state index contributed by atoms with van der Waals surface area (Å²) in [5, 5.41) is 9.44. The molecule has 0 bridgehead atoms. The second-order valence-corrected chi connectivity index (χ2v) is 7.81. The van der Waals surface area contributed by atoms with Gasteiger partial charge in [-0.2, -0.15) is 9.49 Å². The van der Waals surface area contributed by atoms with Crippen molar-refractivity contribution in [2.24, 2.45) is 5.73 Å². The fraction of sp³-hybridized carbons (Fsp3) is 0.318. The van der Waals surface area contributed by atoms with Crippen LogP contribution in [0.3, 0.4) is 0 Å². The highest BCUT2D eigenvalue weighted by atomic mass is 19.1. The molecular weight excluding hydrogens is 432 g/mol. The molecule has 1 unspecified atom stereocenters. The maximum absolute atomic E-state index is 14.5. The number of benzene rings is 1. The van der Waals surface area contributed by atoms with E-state index in [1.165, 1.54) is 24.2 Å². The van der Waals surface area contributed by atoms with E-state index in [0.29, 0.717) is 17.0 Å². The molecule has 3 atom stereocenters. The third-order valence-electron chi connectivity index (χ3n) is 5.62. The number of aromatic nitrogens is 4. The van der Waals surface area contributed by atoms with Crippen LogP contribution in [0, 0.1) is 5.95 Å². The van der Waals surface area contributed by atoms with Crippen LogP contribution in [0.1, 0.15) is 36.2 Å². The fourth-order valence-electron chi connectivity index (χ4n) is 3.95. The molecule has 33 heavy (non-hydrogen) atoms. The summed E-state index contributed by atoms with van der Waals surface area (Å²) in [4.78, 5) is 34.4. The summed E-state index contributed by atoms with van der Waals surface area (Å²) in [6.45, 7) is 1.13. The quantitative estimate of drug-likeness (QED) is 0.485. The van der Waals surface area contributed by atoms with Gasteiger partial charge in [0.15, 0.2) is 5.82 Å². The molecule has 1 saturated heterocycles. The molecule has 4 rings (SSSR count). The monoisotopic (exact) mass is 455 g/mol. The Morgan fingerprint density at radius 3 is 2.82 bits per heavy atom. The van der Waals surface area contributed by atoms with Crippen LogP contribution in [0.15, 0.2) is 42.7 Å². The molecule has 0 saturated carbocycles. The number of likely N-dealkylation sites (tertiary alicyclic amines) is 1. The predicted octanol–water partition coefficient (Wildman–Crippen LogP) is 1.63. The van der Waals surface area contributed by atoms with Crippen LogP contribution in [-0.4, -0.2) is 55.6 Å². The molecule has 1 aromatic carbocycles. The number of nitrogens with zero attached hydrogens (tertiary/aromatic N) is 4. The minimum Gasteiger partial charge on any atom is -0.342 e. The molecule has 0 radical (unpaired) electrons. The number of rotatable bonds is 6. The Bertz CT molecular complexity index is 1160. The summed E-state index contributed by atoms with van der Waals surface area (Å²) in [6.07, 6.45) is -0.0326. The van der Waals surface area contributed by atoms with Gasteiger partial charge in [-0.3, -0.25) is 14.7 Å². The third-order valence-corrected chi connectivity index (χ3v) is 5.62. The SMILES string of the molecule is CC(=O)N1C[C@H](F)C[C@H]1C(=O)NC(c1cccc(-c2ncn[nH]2)c1)c1ccc(CN)c(F)n1. The van der Waals surface area contributed by atoms with E-state index in [-0.39, 0.29) is 30.8 Å². The van der Waals surface area contributed by atoms with Gasteiger partial charge in [-0.1, -0.05) is 24.3 Å². The van der Waals surface area contributed by atoms with Crippen LogP contribution >= 0.6 is 0 Å². The lowest BCUT2D eigenvalue weighted by molar-refractivity contribution is -0.137. The number of nitrogens with one attached hydrogen (secondary N) is 2.